The molecule has 1 heterocycles. The molecule has 0 spiro atoms. The summed E-state index contributed by atoms with van der Waals surface area (Å²) in [6.45, 7) is 1.13. The molecule has 0 radical (unpaired) electrons. The van der Waals surface area contributed by atoms with Crippen LogP contribution in [0.15, 0.2) is 12.1 Å². The quantitative estimate of drug-likeness (QED) is 0.900. The van der Waals surface area contributed by atoms with E-state index in [1.165, 1.54) is 42.5 Å². The van der Waals surface area contributed by atoms with Gasteiger partial charge in [-0.3, -0.25) is 0 Å². The first-order valence-corrected chi connectivity index (χ1v) is 7.86. The Morgan fingerprint density at radius 2 is 1.90 bits per heavy atom. The van der Waals surface area contributed by atoms with E-state index in [1.54, 1.807) is 7.11 Å². The number of anilines is 1. The minimum absolute atomic E-state index is 0.186. The fourth-order valence-corrected chi connectivity index (χ4v) is 3.91. The van der Waals surface area contributed by atoms with Gasteiger partial charge in [-0.1, -0.05) is 25.3 Å². The van der Waals surface area contributed by atoms with Crippen molar-refractivity contribution in [2.24, 2.45) is 5.73 Å². The molecule has 1 aromatic rings. The number of nitrogens with zero attached hydrogens (tertiary/aromatic N) is 1. The highest BCUT2D eigenvalue weighted by atomic mass is 16.5. The third kappa shape index (κ3) is 2.18. The molecule has 110 valence electrons. The predicted octanol–water partition coefficient (Wildman–Crippen LogP) is 3.20. The van der Waals surface area contributed by atoms with Crippen LogP contribution in [0.2, 0.25) is 0 Å². The van der Waals surface area contributed by atoms with Crippen LogP contribution >= 0.6 is 0 Å². The van der Waals surface area contributed by atoms with Crippen LogP contribution in [-0.4, -0.2) is 20.7 Å². The summed E-state index contributed by atoms with van der Waals surface area (Å²) >= 11 is 0. The van der Waals surface area contributed by atoms with Crippen molar-refractivity contribution in [3.05, 3.63) is 23.3 Å². The van der Waals surface area contributed by atoms with E-state index < -0.39 is 0 Å². The number of hydrogen-bond acceptors (Lipinski definition) is 3. The molecule has 2 N–H and O–H groups in total. The van der Waals surface area contributed by atoms with Crippen molar-refractivity contribution in [1.82, 2.24) is 0 Å². The SMILES string of the molecule is COc1c(C2(N)CCCCC2)ccc2c1CCCN2C. The monoisotopic (exact) mass is 274 g/mol. The molecule has 3 nitrogen and oxygen atoms in total. The molecule has 20 heavy (non-hydrogen) atoms. The molecule has 0 atom stereocenters. The van der Waals surface area contributed by atoms with Crippen LogP contribution in [0, 0.1) is 0 Å². The molecule has 0 amide bonds. The van der Waals surface area contributed by atoms with Gasteiger partial charge in [0.25, 0.3) is 0 Å². The van der Waals surface area contributed by atoms with Gasteiger partial charge in [0, 0.05) is 35.9 Å². The first-order valence-electron chi connectivity index (χ1n) is 7.86. The van der Waals surface area contributed by atoms with E-state index in [0.29, 0.717) is 0 Å². The standard InChI is InChI=1S/C17H26N2O/c1-19-12-6-7-13-15(19)9-8-14(16(13)20-2)17(18)10-4-3-5-11-17/h8-9H,3-7,10-12,18H2,1-2H3. The second-order valence-corrected chi connectivity index (χ2v) is 6.39. The van der Waals surface area contributed by atoms with Crippen LogP contribution in [-0.2, 0) is 12.0 Å². The molecule has 1 aliphatic carbocycles. The average Bonchev–Trinajstić information content (AvgIpc) is 2.47. The van der Waals surface area contributed by atoms with Gasteiger partial charge in [-0.15, -0.1) is 0 Å². The molecule has 0 saturated heterocycles. The molecule has 1 fully saturated rings. The lowest BCUT2D eigenvalue weighted by atomic mass is 9.76. The predicted molar refractivity (Wildman–Crippen MR) is 83.5 cm³/mol. The van der Waals surface area contributed by atoms with Crippen molar-refractivity contribution in [3.8, 4) is 5.75 Å². The minimum Gasteiger partial charge on any atom is -0.496 e. The molecule has 0 aromatic heterocycles. The summed E-state index contributed by atoms with van der Waals surface area (Å²) < 4.78 is 5.80. The van der Waals surface area contributed by atoms with Gasteiger partial charge >= 0.3 is 0 Å². The largest absolute Gasteiger partial charge is 0.496 e. The lowest BCUT2D eigenvalue weighted by Gasteiger charge is -2.37. The molecule has 1 aromatic carbocycles. The molecule has 3 rings (SSSR count). The van der Waals surface area contributed by atoms with E-state index in [4.69, 9.17) is 10.5 Å². The van der Waals surface area contributed by atoms with Crippen LogP contribution in [0.5, 0.6) is 5.75 Å². The molecular formula is C17H26N2O. The maximum Gasteiger partial charge on any atom is 0.129 e. The summed E-state index contributed by atoms with van der Waals surface area (Å²) in [6, 6.07) is 4.46. The first-order chi connectivity index (χ1) is 9.65. The summed E-state index contributed by atoms with van der Waals surface area (Å²) in [7, 11) is 3.95. The number of nitrogens with two attached hydrogens (primary N) is 1. The Hall–Kier alpha value is -1.22. The average molecular weight is 274 g/mol. The minimum atomic E-state index is -0.186. The number of benzene rings is 1. The molecule has 3 heteroatoms. The van der Waals surface area contributed by atoms with Crippen LogP contribution in [0.3, 0.4) is 0 Å². The normalized spacial score (nSPS) is 21.4. The van der Waals surface area contributed by atoms with E-state index in [1.807, 2.05) is 0 Å². The molecule has 2 aliphatic rings. The maximum absolute atomic E-state index is 6.73. The highest BCUT2D eigenvalue weighted by molar-refractivity contribution is 5.64. The second kappa shape index (κ2) is 5.28. The Morgan fingerprint density at radius 1 is 1.15 bits per heavy atom. The third-order valence-corrected chi connectivity index (χ3v) is 5.05. The zero-order valence-electron chi connectivity index (χ0n) is 12.7. The van der Waals surface area contributed by atoms with Gasteiger partial charge in [0.2, 0.25) is 0 Å². The fourth-order valence-electron chi connectivity index (χ4n) is 3.91. The maximum atomic E-state index is 6.73. The summed E-state index contributed by atoms with van der Waals surface area (Å²) in [5.41, 5.74) is 10.4. The zero-order valence-corrected chi connectivity index (χ0v) is 12.7. The van der Waals surface area contributed by atoms with Gasteiger partial charge in [-0.05, 0) is 31.7 Å². The smallest absolute Gasteiger partial charge is 0.129 e. The third-order valence-electron chi connectivity index (χ3n) is 5.05. The van der Waals surface area contributed by atoms with Gasteiger partial charge in [0.05, 0.1) is 7.11 Å². The van der Waals surface area contributed by atoms with Crippen molar-refractivity contribution in [3.63, 3.8) is 0 Å². The molecular weight excluding hydrogens is 248 g/mol. The molecule has 0 bridgehead atoms. The lowest BCUT2D eigenvalue weighted by molar-refractivity contribution is 0.288. The number of methoxy groups -OCH3 is 1. The first kappa shape index (κ1) is 13.7. The van der Waals surface area contributed by atoms with E-state index in [-0.39, 0.29) is 5.54 Å². The fraction of sp³-hybridized carbons (Fsp3) is 0.647. The van der Waals surface area contributed by atoms with Crippen molar-refractivity contribution < 1.29 is 4.74 Å². The van der Waals surface area contributed by atoms with Gasteiger partial charge < -0.3 is 15.4 Å². The van der Waals surface area contributed by atoms with Crippen LogP contribution < -0.4 is 15.4 Å². The zero-order chi connectivity index (χ0) is 14.2. The van der Waals surface area contributed by atoms with E-state index in [9.17, 15) is 0 Å². The van der Waals surface area contributed by atoms with Gasteiger partial charge in [-0.25, -0.2) is 0 Å². The van der Waals surface area contributed by atoms with Crippen molar-refractivity contribution in [2.45, 2.75) is 50.5 Å². The van der Waals surface area contributed by atoms with Crippen LogP contribution in [0.1, 0.15) is 49.7 Å². The van der Waals surface area contributed by atoms with Gasteiger partial charge in [0.15, 0.2) is 0 Å². The Balaban J connectivity index is 2.07. The van der Waals surface area contributed by atoms with Crippen LogP contribution in [0.25, 0.3) is 0 Å². The molecule has 1 aliphatic heterocycles. The summed E-state index contributed by atoms with van der Waals surface area (Å²) in [5.74, 6) is 1.05. The highest BCUT2D eigenvalue weighted by Crippen LogP contribution is 2.44. The van der Waals surface area contributed by atoms with Crippen molar-refractivity contribution in [1.29, 1.82) is 0 Å². The topological polar surface area (TPSA) is 38.5 Å². The molecule has 1 saturated carbocycles. The van der Waals surface area contributed by atoms with E-state index in [0.717, 1.165) is 31.6 Å². The molecule has 0 unspecified atom stereocenters. The van der Waals surface area contributed by atoms with Gasteiger partial charge in [0.1, 0.15) is 5.75 Å². The Morgan fingerprint density at radius 3 is 2.60 bits per heavy atom. The van der Waals surface area contributed by atoms with E-state index >= 15 is 0 Å². The Labute approximate surface area is 122 Å². The number of hydrogen-bond donors (Lipinski definition) is 1. The summed E-state index contributed by atoms with van der Waals surface area (Å²) in [6.07, 6.45) is 8.24. The number of ether oxygens (including phenoxy) is 1. The van der Waals surface area contributed by atoms with E-state index in [2.05, 4.69) is 24.1 Å². The van der Waals surface area contributed by atoms with Gasteiger partial charge in [-0.2, -0.15) is 0 Å². The number of fused-ring (bicyclic) bond motifs is 1. The van der Waals surface area contributed by atoms with Crippen molar-refractivity contribution >= 4 is 5.69 Å². The summed E-state index contributed by atoms with van der Waals surface area (Å²) in [4.78, 5) is 2.33. The number of rotatable bonds is 2. The van der Waals surface area contributed by atoms with Crippen LogP contribution in [0.4, 0.5) is 5.69 Å². The Bertz CT molecular complexity index is 492. The summed E-state index contributed by atoms with van der Waals surface area (Å²) in [5, 5.41) is 0. The van der Waals surface area contributed by atoms with Crippen molar-refractivity contribution in [2.75, 3.05) is 25.6 Å². The lowest BCUT2D eigenvalue weighted by Crippen LogP contribution is -2.39. The highest BCUT2D eigenvalue weighted by Gasteiger charge is 2.34. The Kier molecular flexibility index (Phi) is 3.63. The second-order valence-electron chi connectivity index (χ2n) is 6.39.